The first-order chi connectivity index (χ1) is 12.8. The number of hydrogen-bond donors (Lipinski definition) is 1. The average molecular weight is 441 g/mol. The minimum absolute atomic E-state index is 0.313. The van der Waals surface area contributed by atoms with Crippen LogP contribution in [-0.2, 0) is 9.59 Å². The number of halogens is 2. The van der Waals surface area contributed by atoms with E-state index in [1.54, 1.807) is 31.2 Å². The van der Waals surface area contributed by atoms with Crippen molar-refractivity contribution in [3.8, 4) is 0 Å². The van der Waals surface area contributed by atoms with Gasteiger partial charge in [-0.25, -0.2) is 0 Å². The van der Waals surface area contributed by atoms with Gasteiger partial charge in [-0.2, -0.15) is 0 Å². The smallest absolute Gasteiger partial charge is 0.294 e. The average Bonchev–Trinajstić information content (AvgIpc) is 3.21. The Labute approximate surface area is 174 Å². The molecule has 1 aromatic heterocycles. The lowest BCUT2D eigenvalue weighted by molar-refractivity contribution is -0.129. The second-order valence-electron chi connectivity index (χ2n) is 5.75. The molecular weight excluding hydrogens is 427 g/mol. The third-order valence-corrected chi connectivity index (χ3v) is 6.28. The molecule has 1 aliphatic heterocycles. The fourth-order valence-electron chi connectivity index (χ4n) is 2.43. The molecule has 0 bridgehead atoms. The van der Waals surface area contributed by atoms with Gasteiger partial charge < -0.3 is 5.32 Å². The number of amides is 3. The van der Waals surface area contributed by atoms with Gasteiger partial charge >= 0.3 is 0 Å². The van der Waals surface area contributed by atoms with Crippen molar-refractivity contribution in [1.29, 1.82) is 0 Å². The SMILES string of the molecule is CC(NC(=O)CN1C(=O)S/C(=C\c2cccs2)C1=O)c1ccc(Cl)c(Cl)c1. The number of nitrogens with one attached hydrogen (secondary N) is 1. The number of nitrogens with zero attached hydrogens (tertiary/aromatic N) is 1. The van der Waals surface area contributed by atoms with E-state index >= 15 is 0 Å². The molecule has 27 heavy (non-hydrogen) atoms. The van der Waals surface area contributed by atoms with E-state index < -0.39 is 17.1 Å². The summed E-state index contributed by atoms with van der Waals surface area (Å²) in [7, 11) is 0. The van der Waals surface area contributed by atoms with E-state index in [0.717, 1.165) is 27.1 Å². The van der Waals surface area contributed by atoms with Gasteiger partial charge in [-0.1, -0.05) is 35.3 Å². The van der Waals surface area contributed by atoms with Crippen molar-refractivity contribution in [1.82, 2.24) is 10.2 Å². The Kier molecular flexibility index (Phi) is 6.26. The Morgan fingerprint density at radius 1 is 1.26 bits per heavy atom. The topological polar surface area (TPSA) is 66.5 Å². The standard InChI is InChI=1S/C18H14Cl2N2O3S2/c1-10(11-4-5-13(19)14(20)7-11)21-16(23)9-22-17(24)15(27-18(22)25)8-12-3-2-6-26-12/h2-8,10H,9H2,1H3,(H,21,23)/b15-8-. The molecule has 140 valence electrons. The highest BCUT2D eigenvalue weighted by atomic mass is 35.5. The molecule has 0 saturated carbocycles. The number of rotatable bonds is 5. The summed E-state index contributed by atoms with van der Waals surface area (Å²) >= 11 is 14.2. The highest BCUT2D eigenvalue weighted by molar-refractivity contribution is 8.18. The van der Waals surface area contributed by atoms with Gasteiger partial charge in [0.1, 0.15) is 6.54 Å². The summed E-state index contributed by atoms with van der Waals surface area (Å²) in [5.41, 5.74) is 0.768. The van der Waals surface area contributed by atoms with Gasteiger partial charge in [0.05, 0.1) is 21.0 Å². The third kappa shape index (κ3) is 4.73. The lowest BCUT2D eigenvalue weighted by Gasteiger charge is -2.17. The first-order valence-electron chi connectivity index (χ1n) is 7.88. The van der Waals surface area contributed by atoms with Gasteiger partial charge in [0.2, 0.25) is 5.91 Å². The molecule has 1 atom stereocenters. The molecule has 3 rings (SSSR count). The second kappa shape index (κ2) is 8.48. The van der Waals surface area contributed by atoms with Crippen LogP contribution in [0.2, 0.25) is 10.0 Å². The van der Waals surface area contributed by atoms with Crippen LogP contribution in [0.25, 0.3) is 6.08 Å². The molecule has 0 aliphatic carbocycles. The van der Waals surface area contributed by atoms with Gasteiger partial charge in [0.15, 0.2) is 0 Å². The number of thioether (sulfide) groups is 1. The van der Waals surface area contributed by atoms with Crippen LogP contribution in [0.4, 0.5) is 4.79 Å². The molecular formula is C18H14Cl2N2O3S2. The minimum atomic E-state index is -0.462. The molecule has 0 spiro atoms. The molecule has 1 aromatic carbocycles. The summed E-state index contributed by atoms with van der Waals surface area (Å²) in [4.78, 5) is 39.0. The van der Waals surface area contributed by atoms with E-state index in [9.17, 15) is 14.4 Å². The number of benzene rings is 1. The Hall–Kier alpha value is -1.80. The lowest BCUT2D eigenvalue weighted by Crippen LogP contribution is -2.40. The second-order valence-corrected chi connectivity index (χ2v) is 8.53. The molecule has 5 nitrogen and oxygen atoms in total. The van der Waals surface area contributed by atoms with E-state index in [-0.39, 0.29) is 12.6 Å². The van der Waals surface area contributed by atoms with Crippen molar-refractivity contribution in [2.24, 2.45) is 0 Å². The van der Waals surface area contributed by atoms with Crippen molar-refractivity contribution in [3.63, 3.8) is 0 Å². The molecule has 3 amide bonds. The van der Waals surface area contributed by atoms with Gasteiger partial charge in [-0.3, -0.25) is 19.3 Å². The zero-order chi connectivity index (χ0) is 19.6. The quantitative estimate of drug-likeness (QED) is 0.666. The predicted molar refractivity (Wildman–Crippen MR) is 110 cm³/mol. The molecule has 2 aromatic rings. The van der Waals surface area contributed by atoms with E-state index in [0.29, 0.717) is 15.0 Å². The van der Waals surface area contributed by atoms with Gasteiger partial charge in [0, 0.05) is 4.88 Å². The first-order valence-corrected chi connectivity index (χ1v) is 10.3. The zero-order valence-electron chi connectivity index (χ0n) is 14.1. The summed E-state index contributed by atoms with van der Waals surface area (Å²) in [6.45, 7) is 1.44. The summed E-state index contributed by atoms with van der Waals surface area (Å²) in [5.74, 6) is -0.899. The summed E-state index contributed by atoms with van der Waals surface area (Å²) in [6, 6.07) is 8.42. The normalized spacial score (nSPS) is 16.9. The number of thiophene rings is 1. The van der Waals surface area contributed by atoms with Gasteiger partial charge in [-0.05, 0) is 53.9 Å². The molecule has 2 heterocycles. The number of carbonyl (C=O) groups excluding carboxylic acids is 3. The van der Waals surface area contributed by atoms with Crippen LogP contribution in [-0.4, -0.2) is 28.5 Å². The van der Waals surface area contributed by atoms with Crippen LogP contribution in [0, 0.1) is 0 Å². The maximum atomic E-state index is 12.4. The highest BCUT2D eigenvalue weighted by Gasteiger charge is 2.36. The van der Waals surface area contributed by atoms with Gasteiger partial charge in [0.25, 0.3) is 11.1 Å². The third-order valence-electron chi connectivity index (χ3n) is 3.81. The minimum Gasteiger partial charge on any atom is -0.348 e. The van der Waals surface area contributed by atoms with Crippen molar-refractivity contribution < 1.29 is 14.4 Å². The maximum Gasteiger partial charge on any atom is 0.294 e. The molecule has 1 saturated heterocycles. The van der Waals surface area contributed by atoms with Crippen molar-refractivity contribution in [2.75, 3.05) is 6.54 Å². The maximum absolute atomic E-state index is 12.4. The largest absolute Gasteiger partial charge is 0.348 e. The fourth-order valence-corrected chi connectivity index (χ4v) is 4.30. The summed E-state index contributed by atoms with van der Waals surface area (Å²) in [5, 5.41) is 5.00. The van der Waals surface area contributed by atoms with Crippen LogP contribution in [0.3, 0.4) is 0 Å². The first kappa shape index (κ1) is 19.9. The Morgan fingerprint density at radius 2 is 2.04 bits per heavy atom. The molecule has 1 unspecified atom stereocenters. The van der Waals surface area contributed by atoms with Crippen LogP contribution in [0.5, 0.6) is 0 Å². The lowest BCUT2D eigenvalue weighted by atomic mass is 10.1. The van der Waals surface area contributed by atoms with E-state index in [1.807, 2.05) is 17.5 Å². The number of imide groups is 1. The zero-order valence-corrected chi connectivity index (χ0v) is 17.2. The van der Waals surface area contributed by atoms with E-state index in [4.69, 9.17) is 23.2 Å². The summed E-state index contributed by atoms with van der Waals surface area (Å²) in [6.07, 6.45) is 1.66. The number of hydrogen-bond acceptors (Lipinski definition) is 5. The highest BCUT2D eigenvalue weighted by Crippen LogP contribution is 2.33. The van der Waals surface area contributed by atoms with E-state index in [2.05, 4.69) is 5.32 Å². The molecule has 1 aliphatic rings. The van der Waals surface area contributed by atoms with Crippen molar-refractivity contribution in [3.05, 3.63) is 61.1 Å². The summed E-state index contributed by atoms with van der Waals surface area (Å²) < 4.78 is 0. The van der Waals surface area contributed by atoms with Crippen molar-refractivity contribution in [2.45, 2.75) is 13.0 Å². The predicted octanol–water partition coefficient (Wildman–Crippen LogP) is 4.97. The van der Waals surface area contributed by atoms with E-state index in [1.165, 1.54) is 11.3 Å². The molecule has 1 fully saturated rings. The molecule has 0 radical (unpaired) electrons. The van der Waals surface area contributed by atoms with Crippen LogP contribution < -0.4 is 5.32 Å². The fraction of sp³-hybridized carbons (Fsp3) is 0.167. The Balaban J connectivity index is 1.64. The molecule has 9 heteroatoms. The Morgan fingerprint density at radius 3 is 2.70 bits per heavy atom. The monoisotopic (exact) mass is 440 g/mol. The van der Waals surface area contributed by atoms with Crippen LogP contribution in [0.1, 0.15) is 23.4 Å². The Bertz CT molecular complexity index is 929. The number of carbonyl (C=O) groups is 3. The molecule has 1 N–H and O–H groups in total. The van der Waals surface area contributed by atoms with Crippen molar-refractivity contribution >= 4 is 69.4 Å². The van der Waals surface area contributed by atoms with Crippen LogP contribution >= 0.6 is 46.3 Å². The van der Waals surface area contributed by atoms with Gasteiger partial charge in [-0.15, -0.1) is 11.3 Å². The van der Waals surface area contributed by atoms with Crippen LogP contribution in [0.15, 0.2) is 40.6 Å².